The fraction of sp³-hybridized carbons (Fsp3) is 0.433. The third-order valence-electron chi connectivity index (χ3n) is 6.98. The third kappa shape index (κ3) is 8.68. The molecular weight excluding hydrogens is 615 g/mol. The number of halogens is 3. The highest BCUT2D eigenvalue weighted by Crippen LogP contribution is 2.48. The Morgan fingerprint density at radius 1 is 0.933 bits per heavy atom. The molecule has 5 rings (SSSR count). The number of aromatic nitrogens is 3. The second-order valence-corrected chi connectivity index (χ2v) is 14.1. The maximum absolute atomic E-state index is 12.9. The lowest BCUT2D eigenvalue weighted by atomic mass is 10.0. The highest BCUT2D eigenvalue weighted by atomic mass is 32.2. The zero-order valence-electron chi connectivity index (χ0n) is 24.8. The van der Waals surface area contributed by atoms with Crippen LogP contribution in [-0.2, 0) is 26.7 Å². The van der Waals surface area contributed by atoms with Gasteiger partial charge in [0.1, 0.15) is 11.4 Å². The minimum absolute atomic E-state index is 0.00241. The lowest BCUT2D eigenvalue weighted by molar-refractivity contribution is -0.154. The smallest absolute Gasteiger partial charge is 0.422 e. The molecule has 2 aromatic carbocycles. The number of hydrogen-bond donors (Lipinski definition) is 2. The van der Waals surface area contributed by atoms with E-state index in [4.69, 9.17) is 9.47 Å². The number of benzene rings is 2. The molecule has 2 fully saturated rings. The molecule has 240 valence electrons. The van der Waals surface area contributed by atoms with Crippen molar-refractivity contribution in [3.8, 4) is 6.01 Å². The van der Waals surface area contributed by atoms with Crippen molar-refractivity contribution in [2.24, 2.45) is 0 Å². The van der Waals surface area contributed by atoms with Crippen molar-refractivity contribution in [1.29, 1.82) is 0 Å². The average molecular weight is 648 g/mol. The number of nitrogens with one attached hydrogen (secondary N) is 2. The van der Waals surface area contributed by atoms with E-state index >= 15 is 0 Å². The number of carbonyl (C=O) groups excluding carboxylic acids is 2. The predicted octanol–water partition coefficient (Wildman–Crippen LogP) is 4.68. The lowest BCUT2D eigenvalue weighted by Crippen LogP contribution is -2.33. The van der Waals surface area contributed by atoms with Crippen LogP contribution >= 0.6 is 0 Å². The van der Waals surface area contributed by atoms with Gasteiger partial charge in [-0.3, -0.25) is 4.79 Å². The van der Waals surface area contributed by atoms with Crippen molar-refractivity contribution in [2.75, 3.05) is 11.9 Å². The van der Waals surface area contributed by atoms with E-state index in [2.05, 4.69) is 25.0 Å². The van der Waals surface area contributed by atoms with Gasteiger partial charge in [-0.25, -0.2) is 17.9 Å². The molecule has 0 spiro atoms. The minimum Gasteiger partial charge on any atom is -0.456 e. The van der Waals surface area contributed by atoms with Gasteiger partial charge in [-0.2, -0.15) is 28.1 Å². The van der Waals surface area contributed by atoms with E-state index in [1.54, 1.807) is 57.2 Å². The van der Waals surface area contributed by atoms with E-state index in [1.807, 2.05) is 0 Å². The molecule has 0 aliphatic heterocycles. The molecule has 1 amide bonds. The van der Waals surface area contributed by atoms with Crippen molar-refractivity contribution in [3.05, 3.63) is 76.6 Å². The number of anilines is 1. The summed E-state index contributed by atoms with van der Waals surface area (Å²) in [7, 11) is -3.70. The van der Waals surface area contributed by atoms with E-state index in [-0.39, 0.29) is 23.8 Å². The van der Waals surface area contributed by atoms with Crippen molar-refractivity contribution in [2.45, 2.75) is 75.4 Å². The first kappa shape index (κ1) is 32.1. The molecule has 2 N–H and O–H groups in total. The largest absolute Gasteiger partial charge is 0.456 e. The Hall–Kier alpha value is -4.27. The van der Waals surface area contributed by atoms with Gasteiger partial charge in [-0.1, -0.05) is 24.3 Å². The molecule has 3 aromatic rings. The minimum atomic E-state index is -4.61. The molecule has 1 heterocycles. The molecular formula is C30H32F3N5O6S. The maximum atomic E-state index is 12.9. The van der Waals surface area contributed by atoms with Crippen LogP contribution in [0.1, 0.15) is 84.1 Å². The Kier molecular flexibility index (Phi) is 8.51. The first-order chi connectivity index (χ1) is 21.0. The summed E-state index contributed by atoms with van der Waals surface area (Å²) in [5.74, 6) is -1.08. The van der Waals surface area contributed by atoms with Gasteiger partial charge in [0.05, 0.1) is 16.4 Å². The van der Waals surface area contributed by atoms with Crippen LogP contribution in [0.15, 0.2) is 48.5 Å². The molecule has 0 unspecified atom stereocenters. The number of amides is 1. The normalized spacial score (nSPS) is 16.0. The Morgan fingerprint density at radius 2 is 1.56 bits per heavy atom. The summed E-state index contributed by atoms with van der Waals surface area (Å²) in [6, 6.07) is 12.3. The number of nitrogens with zero attached hydrogens (tertiary/aromatic N) is 3. The molecule has 0 saturated heterocycles. The summed E-state index contributed by atoms with van der Waals surface area (Å²) in [5, 5.41) is 2.65. The SMILES string of the molecule is CC(C)(C)OC(=O)c1ccc(Cc2nc(NC3(c4ccc(C(=O)NS(=O)(=O)C5CC5)cc4)CC3)nc(OCC(F)(F)F)n2)cc1. The predicted molar refractivity (Wildman–Crippen MR) is 156 cm³/mol. The number of hydrogen-bond acceptors (Lipinski definition) is 10. The summed E-state index contributed by atoms with van der Waals surface area (Å²) >= 11 is 0. The third-order valence-corrected chi connectivity index (χ3v) is 8.79. The first-order valence-electron chi connectivity index (χ1n) is 14.2. The van der Waals surface area contributed by atoms with Gasteiger partial charge >= 0.3 is 18.2 Å². The van der Waals surface area contributed by atoms with E-state index < -0.39 is 57.1 Å². The van der Waals surface area contributed by atoms with Crippen molar-refractivity contribution in [1.82, 2.24) is 19.7 Å². The Bertz CT molecular complexity index is 1680. The van der Waals surface area contributed by atoms with E-state index in [0.717, 1.165) is 5.56 Å². The Morgan fingerprint density at radius 3 is 2.11 bits per heavy atom. The van der Waals surface area contributed by atoms with Crippen molar-refractivity contribution in [3.63, 3.8) is 0 Å². The van der Waals surface area contributed by atoms with Crippen LogP contribution in [-0.4, -0.2) is 58.9 Å². The molecule has 15 heteroatoms. The topological polar surface area (TPSA) is 149 Å². The van der Waals surface area contributed by atoms with Crippen molar-refractivity contribution < 1.29 is 40.7 Å². The van der Waals surface area contributed by atoms with Gasteiger partial charge in [0.25, 0.3) is 5.91 Å². The molecule has 1 aromatic heterocycles. The van der Waals surface area contributed by atoms with Gasteiger partial charge in [-0.05, 0) is 81.8 Å². The van der Waals surface area contributed by atoms with Gasteiger partial charge in [0.15, 0.2) is 6.61 Å². The summed E-state index contributed by atoms with van der Waals surface area (Å²) in [6.07, 6.45) is -2.17. The molecule has 2 aliphatic rings. The van der Waals surface area contributed by atoms with Crippen LogP contribution in [0.5, 0.6) is 6.01 Å². The Balaban J connectivity index is 1.33. The summed E-state index contributed by atoms with van der Waals surface area (Å²) < 4.78 is 75.3. The number of esters is 1. The summed E-state index contributed by atoms with van der Waals surface area (Å²) in [6.45, 7) is 3.68. The van der Waals surface area contributed by atoms with Crippen LogP contribution in [0.2, 0.25) is 0 Å². The van der Waals surface area contributed by atoms with Gasteiger partial charge < -0.3 is 14.8 Å². The van der Waals surface area contributed by atoms with Crippen molar-refractivity contribution >= 4 is 27.8 Å². The molecule has 2 saturated carbocycles. The zero-order chi connectivity index (χ0) is 32.6. The van der Waals surface area contributed by atoms with E-state index in [0.29, 0.717) is 36.8 Å². The summed E-state index contributed by atoms with van der Waals surface area (Å²) in [4.78, 5) is 37.4. The lowest BCUT2D eigenvalue weighted by Gasteiger charge is -2.19. The number of rotatable bonds is 11. The molecule has 11 nitrogen and oxygen atoms in total. The first-order valence-corrected chi connectivity index (χ1v) is 15.8. The molecule has 0 bridgehead atoms. The highest BCUT2D eigenvalue weighted by Gasteiger charge is 2.45. The van der Waals surface area contributed by atoms with Crippen LogP contribution in [0, 0.1) is 0 Å². The number of carbonyl (C=O) groups is 2. The zero-order valence-corrected chi connectivity index (χ0v) is 25.6. The maximum Gasteiger partial charge on any atom is 0.422 e. The second kappa shape index (κ2) is 11.9. The average Bonchev–Trinajstić information content (AvgIpc) is 3.86. The standard InChI is InChI=1S/C30H32F3N5O6S/c1-28(2,3)44-25(40)20-6-4-18(5-7-20)16-23-34-26(36-27(35-23)43-17-30(31,32)33)37-29(14-15-29)21-10-8-19(9-11-21)24(39)38-45(41,42)22-12-13-22/h4-11,22H,12-17H2,1-3H3,(H,38,39)(H,34,35,36,37). The summed E-state index contributed by atoms with van der Waals surface area (Å²) in [5.41, 5.74) is 0.614. The molecule has 2 aliphatic carbocycles. The second-order valence-electron chi connectivity index (χ2n) is 12.1. The van der Waals surface area contributed by atoms with Crippen LogP contribution < -0.4 is 14.8 Å². The highest BCUT2D eigenvalue weighted by molar-refractivity contribution is 7.91. The van der Waals surface area contributed by atoms with Gasteiger partial charge in [-0.15, -0.1) is 0 Å². The quantitative estimate of drug-likeness (QED) is 0.281. The molecule has 0 radical (unpaired) electrons. The monoisotopic (exact) mass is 647 g/mol. The van der Waals surface area contributed by atoms with Crippen LogP contribution in [0.3, 0.4) is 0 Å². The fourth-order valence-electron chi connectivity index (χ4n) is 4.44. The fourth-order valence-corrected chi connectivity index (χ4v) is 5.74. The number of ether oxygens (including phenoxy) is 2. The number of alkyl halides is 3. The number of sulfonamides is 1. The van der Waals surface area contributed by atoms with Gasteiger partial charge in [0.2, 0.25) is 16.0 Å². The molecule has 45 heavy (non-hydrogen) atoms. The van der Waals surface area contributed by atoms with E-state index in [9.17, 15) is 31.2 Å². The van der Waals surface area contributed by atoms with Crippen LogP contribution in [0.4, 0.5) is 19.1 Å². The Labute approximate surface area is 258 Å². The van der Waals surface area contributed by atoms with E-state index in [1.165, 1.54) is 12.1 Å². The van der Waals surface area contributed by atoms with Crippen LogP contribution in [0.25, 0.3) is 0 Å². The molecule has 0 atom stereocenters. The van der Waals surface area contributed by atoms with Gasteiger partial charge in [0, 0.05) is 12.0 Å².